The number of alkyl carbamates (subject to hydrolysis) is 1. The summed E-state index contributed by atoms with van der Waals surface area (Å²) in [6.07, 6.45) is -0.767. The monoisotopic (exact) mass is 423 g/mol. The predicted molar refractivity (Wildman–Crippen MR) is 98.2 cm³/mol. The Balaban J connectivity index is 2.04. The second-order valence-corrected chi connectivity index (χ2v) is 7.86. The van der Waals surface area contributed by atoms with Gasteiger partial charge in [0.1, 0.15) is 0 Å². The lowest BCUT2D eigenvalue weighted by atomic mass is 10.3. The summed E-state index contributed by atoms with van der Waals surface area (Å²) in [4.78, 5) is 22.8. The SMILES string of the molecule is CCOC(=O)NC(=O)CSc1nn(-c2ccc(Cl)c(Cl)c2)c(=S)s1. The summed E-state index contributed by atoms with van der Waals surface area (Å²) in [5.41, 5.74) is 0.675. The van der Waals surface area contributed by atoms with E-state index in [1.165, 1.54) is 27.8 Å². The number of amides is 2. The number of nitrogens with zero attached hydrogens (tertiary/aromatic N) is 2. The van der Waals surface area contributed by atoms with Gasteiger partial charge in [-0.1, -0.05) is 46.3 Å². The van der Waals surface area contributed by atoms with Gasteiger partial charge in [0.15, 0.2) is 8.29 Å². The number of rotatable bonds is 5. The van der Waals surface area contributed by atoms with Crippen molar-refractivity contribution in [1.82, 2.24) is 15.1 Å². The Hall–Kier alpha value is -1.13. The van der Waals surface area contributed by atoms with Crippen LogP contribution in [0, 0.1) is 3.95 Å². The lowest BCUT2D eigenvalue weighted by molar-refractivity contribution is -0.117. The van der Waals surface area contributed by atoms with Crippen LogP contribution >= 0.6 is 58.5 Å². The standard InChI is InChI=1S/C13H11Cl2N3O3S3/c1-2-21-11(20)16-10(19)6-23-12-17-18(13(22)24-12)7-3-4-8(14)9(15)5-7/h3-5H,2,6H2,1H3,(H,16,19,20). The summed E-state index contributed by atoms with van der Waals surface area (Å²) in [5, 5.41) is 7.28. The molecule has 6 nitrogen and oxygen atoms in total. The third-order valence-corrected chi connectivity index (χ3v) is 5.63. The van der Waals surface area contributed by atoms with Gasteiger partial charge in [-0.05, 0) is 37.3 Å². The van der Waals surface area contributed by atoms with Crippen LogP contribution in [0.5, 0.6) is 0 Å². The predicted octanol–water partition coefficient (Wildman–Crippen LogP) is 4.33. The number of nitrogens with one attached hydrogen (secondary N) is 1. The molecule has 11 heteroatoms. The third-order valence-electron chi connectivity index (χ3n) is 2.52. The molecule has 1 aromatic carbocycles. The van der Waals surface area contributed by atoms with E-state index < -0.39 is 12.0 Å². The molecule has 0 saturated carbocycles. The largest absolute Gasteiger partial charge is 0.450 e. The number of benzene rings is 1. The van der Waals surface area contributed by atoms with Crippen LogP contribution in [0.15, 0.2) is 22.5 Å². The van der Waals surface area contributed by atoms with Crippen LogP contribution in [0.25, 0.3) is 5.69 Å². The van der Waals surface area contributed by atoms with Gasteiger partial charge in [0.25, 0.3) is 0 Å². The van der Waals surface area contributed by atoms with Gasteiger partial charge in [-0.3, -0.25) is 10.1 Å². The molecule has 0 radical (unpaired) electrons. The highest BCUT2D eigenvalue weighted by molar-refractivity contribution is 8.01. The fourth-order valence-electron chi connectivity index (χ4n) is 1.54. The molecular weight excluding hydrogens is 413 g/mol. The average molecular weight is 424 g/mol. The highest BCUT2D eigenvalue weighted by atomic mass is 35.5. The number of halogens is 2. The Bertz CT molecular complexity index is 822. The molecule has 0 bridgehead atoms. The third kappa shape index (κ3) is 5.18. The quantitative estimate of drug-likeness (QED) is 0.569. The molecule has 128 valence electrons. The summed E-state index contributed by atoms with van der Waals surface area (Å²) in [6.45, 7) is 1.85. The number of hydrogen-bond acceptors (Lipinski definition) is 7. The van der Waals surface area contributed by atoms with E-state index in [-0.39, 0.29) is 12.4 Å². The summed E-state index contributed by atoms with van der Waals surface area (Å²) >= 11 is 19.6. The first-order chi connectivity index (χ1) is 11.4. The zero-order valence-electron chi connectivity index (χ0n) is 12.2. The maximum absolute atomic E-state index is 11.6. The lowest BCUT2D eigenvalue weighted by Gasteiger charge is -2.03. The van der Waals surface area contributed by atoms with E-state index in [2.05, 4.69) is 15.2 Å². The second kappa shape index (κ2) is 8.82. The van der Waals surface area contributed by atoms with Crippen LogP contribution in [-0.4, -0.2) is 34.1 Å². The van der Waals surface area contributed by atoms with Crippen molar-refractivity contribution in [3.05, 3.63) is 32.2 Å². The topological polar surface area (TPSA) is 73.2 Å². The van der Waals surface area contributed by atoms with Crippen LogP contribution in [0.3, 0.4) is 0 Å². The number of carbonyl (C=O) groups is 2. The van der Waals surface area contributed by atoms with Crippen molar-refractivity contribution >= 4 is 70.5 Å². The van der Waals surface area contributed by atoms with Crippen molar-refractivity contribution in [1.29, 1.82) is 0 Å². The molecule has 2 aromatic rings. The minimum Gasteiger partial charge on any atom is -0.450 e. The molecule has 1 aromatic heterocycles. The maximum atomic E-state index is 11.6. The molecule has 0 fully saturated rings. The Kier molecular flexibility index (Phi) is 7.05. The minimum absolute atomic E-state index is 0.0163. The number of hydrogen-bond donors (Lipinski definition) is 1. The molecule has 0 spiro atoms. The maximum Gasteiger partial charge on any atom is 0.413 e. The number of aromatic nitrogens is 2. The average Bonchev–Trinajstić information content (AvgIpc) is 2.89. The van der Waals surface area contributed by atoms with Crippen molar-refractivity contribution in [2.75, 3.05) is 12.4 Å². The zero-order valence-corrected chi connectivity index (χ0v) is 16.2. The molecule has 0 atom stereocenters. The van der Waals surface area contributed by atoms with Crippen molar-refractivity contribution in [3.8, 4) is 5.69 Å². The van der Waals surface area contributed by atoms with Gasteiger partial charge in [-0.25, -0.2) is 9.48 Å². The number of imide groups is 1. The number of ether oxygens (including phenoxy) is 1. The molecule has 0 aliphatic heterocycles. The molecule has 0 aliphatic rings. The van der Waals surface area contributed by atoms with E-state index in [0.29, 0.717) is 24.0 Å². The Morgan fingerprint density at radius 2 is 2.17 bits per heavy atom. The van der Waals surface area contributed by atoms with E-state index in [1.54, 1.807) is 25.1 Å². The van der Waals surface area contributed by atoms with Gasteiger partial charge >= 0.3 is 6.09 Å². The van der Waals surface area contributed by atoms with Gasteiger partial charge in [0.05, 0.1) is 28.1 Å². The van der Waals surface area contributed by atoms with Crippen molar-refractivity contribution in [2.24, 2.45) is 0 Å². The molecule has 24 heavy (non-hydrogen) atoms. The molecule has 0 unspecified atom stereocenters. The Labute approximate surface area is 161 Å². The van der Waals surface area contributed by atoms with Crippen molar-refractivity contribution in [2.45, 2.75) is 11.3 Å². The molecule has 2 rings (SSSR count). The van der Waals surface area contributed by atoms with Crippen LogP contribution in [0.2, 0.25) is 10.0 Å². The van der Waals surface area contributed by atoms with E-state index >= 15 is 0 Å². The summed E-state index contributed by atoms with van der Waals surface area (Å²) < 4.78 is 7.25. The van der Waals surface area contributed by atoms with E-state index in [0.717, 1.165) is 0 Å². The van der Waals surface area contributed by atoms with Gasteiger partial charge in [-0.2, -0.15) is 0 Å². The first-order valence-electron chi connectivity index (χ1n) is 6.55. The van der Waals surface area contributed by atoms with Crippen LogP contribution in [0.4, 0.5) is 4.79 Å². The van der Waals surface area contributed by atoms with E-state index in [1.807, 2.05) is 0 Å². The fraction of sp³-hybridized carbons (Fsp3) is 0.231. The van der Waals surface area contributed by atoms with Gasteiger partial charge < -0.3 is 4.74 Å². The van der Waals surface area contributed by atoms with Gasteiger partial charge in [0.2, 0.25) is 5.91 Å². The summed E-state index contributed by atoms with van der Waals surface area (Å²) in [5.74, 6) is -0.455. The van der Waals surface area contributed by atoms with Crippen molar-refractivity contribution < 1.29 is 14.3 Å². The number of carbonyl (C=O) groups excluding carboxylic acids is 2. The number of thioether (sulfide) groups is 1. The minimum atomic E-state index is -0.767. The Morgan fingerprint density at radius 1 is 1.42 bits per heavy atom. The first-order valence-corrected chi connectivity index (χ1v) is 9.52. The first kappa shape index (κ1) is 19.2. The highest BCUT2D eigenvalue weighted by Gasteiger charge is 2.12. The fourth-order valence-corrected chi connectivity index (χ4v) is 4.00. The molecule has 0 aliphatic carbocycles. The lowest BCUT2D eigenvalue weighted by Crippen LogP contribution is -2.32. The summed E-state index contributed by atoms with van der Waals surface area (Å²) in [7, 11) is 0. The second-order valence-electron chi connectivity index (χ2n) is 4.20. The molecule has 1 heterocycles. The molecule has 0 saturated heterocycles. The smallest absolute Gasteiger partial charge is 0.413 e. The van der Waals surface area contributed by atoms with Gasteiger partial charge in [0, 0.05) is 0 Å². The molecule has 2 amide bonds. The molecular formula is C13H11Cl2N3O3S3. The van der Waals surface area contributed by atoms with E-state index in [9.17, 15) is 9.59 Å². The zero-order chi connectivity index (χ0) is 17.7. The normalized spacial score (nSPS) is 10.5. The molecule has 1 N–H and O–H groups in total. The van der Waals surface area contributed by atoms with Gasteiger partial charge in [-0.15, -0.1) is 5.10 Å². The summed E-state index contributed by atoms with van der Waals surface area (Å²) in [6, 6.07) is 5.05. The highest BCUT2D eigenvalue weighted by Crippen LogP contribution is 2.27. The van der Waals surface area contributed by atoms with Crippen LogP contribution in [-0.2, 0) is 9.53 Å². The van der Waals surface area contributed by atoms with Crippen LogP contribution < -0.4 is 5.32 Å². The van der Waals surface area contributed by atoms with Crippen molar-refractivity contribution in [3.63, 3.8) is 0 Å². The Morgan fingerprint density at radius 3 is 2.83 bits per heavy atom. The van der Waals surface area contributed by atoms with E-state index in [4.69, 9.17) is 35.4 Å². The van der Waals surface area contributed by atoms with Crippen LogP contribution in [0.1, 0.15) is 6.92 Å².